The van der Waals surface area contributed by atoms with Crippen molar-refractivity contribution in [2.75, 3.05) is 0 Å². The van der Waals surface area contributed by atoms with Crippen LogP contribution in [-0.4, -0.2) is 10.9 Å². The first-order valence-corrected chi connectivity index (χ1v) is 9.69. The molecule has 4 rings (SSSR count). The number of allylic oxidation sites excluding steroid dienone is 1. The predicted molar refractivity (Wildman–Crippen MR) is 102 cm³/mol. The molecule has 0 amide bonds. The van der Waals surface area contributed by atoms with E-state index in [-0.39, 0.29) is 30.5 Å². The fourth-order valence-corrected chi connectivity index (χ4v) is 4.91. The third-order valence-corrected chi connectivity index (χ3v) is 6.28. The van der Waals surface area contributed by atoms with Gasteiger partial charge >= 0.3 is 0 Å². The first-order valence-electron chi connectivity index (χ1n) is 9.69. The Morgan fingerprint density at radius 3 is 2.74 bits per heavy atom. The van der Waals surface area contributed by atoms with E-state index in [0.717, 1.165) is 23.2 Å². The van der Waals surface area contributed by atoms with Gasteiger partial charge in [0.2, 0.25) is 5.92 Å². The van der Waals surface area contributed by atoms with E-state index < -0.39 is 5.92 Å². The zero-order valence-electron chi connectivity index (χ0n) is 15.4. The second kappa shape index (κ2) is 7.14. The van der Waals surface area contributed by atoms with Crippen molar-refractivity contribution >= 4 is 6.08 Å². The molecule has 2 fully saturated rings. The Kier molecular flexibility index (Phi) is 4.83. The van der Waals surface area contributed by atoms with Crippen LogP contribution in [0.15, 0.2) is 48.7 Å². The lowest BCUT2D eigenvalue weighted by Gasteiger charge is -2.33. The molecule has 2 aromatic rings. The molecule has 0 aliphatic heterocycles. The normalized spacial score (nSPS) is 29.8. The van der Waals surface area contributed by atoms with E-state index in [4.69, 9.17) is 0 Å². The second-order valence-electron chi connectivity index (χ2n) is 8.15. The van der Waals surface area contributed by atoms with Crippen molar-refractivity contribution in [2.24, 2.45) is 23.7 Å². The molecule has 0 radical (unpaired) electrons. The fraction of sp³-hybridized carbons (Fsp3) is 0.435. The molecule has 4 heteroatoms. The summed E-state index contributed by atoms with van der Waals surface area (Å²) in [7, 11) is 0. The fourth-order valence-electron chi connectivity index (χ4n) is 4.91. The molecule has 27 heavy (non-hydrogen) atoms. The molecule has 1 unspecified atom stereocenters. The lowest BCUT2D eigenvalue weighted by molar-refractivity contribution is -0.0678. The van der Waals surface area contributed by atoms with Gasteiger partial charge < -0.3 is 0 Å². The van der Waals surface area contributed by atoms with Gasteiger partial charge in [0.05, 0.1) is 5.69 Å². The lowest BCUT2D eigenvalue weighted by Crippen LogP contribution is -2.32. The van der Waals surface area contributed by atoms with Crippen LogP contribution in [0.1, 0.15) is 38.3 Å². The van der Waals surface area contributed by atoms with Gasteiger partial charge in [-0.05, 0) is 66.4 Å². The van der Waals surface area contributed by atoms with Crippen molar-refractivity contribution in [3.8, 4) is 11.1 Å². The van der Waals surface area contributed by atoms with Crippen LogP contribution in [0.2, 0.25) is 0 Å². The highest BCUT2D eigenvalue weighted by atomic mass is 19.3. The number of nitrogens with zero attached hydrogens (tertiary/aromatic N) is 1. The Labute approximate surface area is 158 Å². The van der Waals surface area contributed by atoms with Gasteiger partial charge in [0.1, 0.15) is 5.82 Å². The summed E-state index contributed by atoms with van der Waals surface area (Å²) in [5.41, 5.74) is 2.44. The molecule has 1 heterocycles. The number of pyridine rings is 1. The highest BCUT2D eigenvalue weighted by Crippen LogP contribution is 2.53. The second-order valence-corrected chi connectivity index (χ2v) is 8.15. The molecule has 0 spiro atoms. The Bertz CT molecular complexity index is 828. The van der Waals surface area contributed by atoms with Gasteiger partial charge in [-0.3, -0.25) is 4.98 Å². The average Bonchev–Trinajstić information content (AvgIpc) is 2.94. The molecule has 2 aliphatic rings. The van der Waals surface area contributed by atoms with Crippen LogP contribution in [0.25, 0.3) is 17.2 Å². The van der Waals surface area contributed by atoms with Crippen LogP contribution in [0.5, 0.6) is 0 Å². The minimum absolute atomic E-state index is 0.0168. The Balaban J connectivity index is 1.49. The maximum atomic E-state index is 13.9. The molecule has 1 nitrogen and oxygen atoms in total. The summed E-state index contributed by atoms with van der Waals surface area (Å²) < 4.78 is 41.1. The maximum absolute atomic E-state index is 13.9. The summed E-state index contributed by atoms with van der Waals surface area (Å²) in [6.07, 6.45) is 7.51. The van der Waals surface area contributed by atoms with Crippen LogP contribution in [-0.2, 0) is 0 Å². The number of alkyl halides is 2. The summed E-state index contributed by atoms with van der Waals surface area (Å²) >= 11 is 0. The number of fused-ring (bicyclic) bond motifs is 1. The molecule has 0 saturated heterocycles. The van der Waals surface area contributed by atoms with Crippen molar-refractivity contribution in [1.29, 1.82) is 0 Å². The number of benzene rings is 1. The van der Waals surface area contributed by atoms with Gasteiger partial charge in [0, 0.05) is 24.6 Å². The number of halogens is 3. The van der Waals surface area contributed by atoms with Crippen molar-refractivity contribution < 1.29 is 13.2 Å². The zero-order valence-corrected chi connectivity index (χ0v) is 15.4. The summed E-state index contributed by atoms with van der Waals surface area (Å²) in [5.74, 6) is -1.67. The van der Waals surface area contributed by atoms with E-state index >= 15 is 0 Å². The number of hydrogen-bond acceptors (Lipinski definition) is 1. The first kappa shape index (κ1) is 18.3. The third kappa shape index (κ3) is 3.95. The standard InChI is InChI=1S/C23H24F3N/c1-15-11-17-9-10-23(25,26)13-22(17)21(15)8-7-20-6-5-18(14-27-20)16-3-2-4-19(24)12-16/h2-8,12,14-15,17,21-22H,9-11,13H2,1H3/b8-7+/t15?,17-,21-,22-/m1/s1. The van der Waals surface area contributed by atoms with Gasteiger partial charge in [-0.2, -0.15) is 0 Å². The molecule has 1 aromatic heterocycles. The number of hydrogen-bond donors (Lipinski definition) is 0. The molecule has 0 bridgehead atoms. The summed E-state index contributed by atoms with van der Waals surface area (Å²) in [4.78, 5) is 4.45. The van der Waals surface area contributed by atoms with Gasteiger partial charge in [-0.25, -0.2) is 13.2 Å². The van der Waals surface area contributed by atoms with Crippen molar-refractivity contribution in [2.45, 2.75) is 38.5 Å². The molecule has 4 atom stereocenters. The Hall–Kier alpha value is -2.10. The maximum Gasteiger partial charge on any atom is 0.248 e. The number of rotatable bonds is 3. The van der Waals surface area contributed by atoms with Crippen molar-refractivity contribution in [1.82, 2.24) is 4.98 Å². The summed E-state index contributed by atoms with van der Waals surface area (Å²) in [5, 5.41) is 0. The van der Waals surface area contributed by atoms with E-state index in [1.807, 2.05) is 24.3 Å². The minimum Gasteiger partial charge on any atom is -0.256 e. The van der Waals surface area contributed by atoms with E-state index in [0.29, 0.717) is 18.3 Å². The molecule has 1 aromatic carbocycles. The highest BCUT2D eigenvalue weighted by Gasteiger charge is 2.48. The molecule has 2 saturated carbocycles. The largest absolute Gasteiger partial charge is 0.256 e. The Morgan fingerprint density at radius 1 is 1.15 bits per heavy atom. The smallest absolute Gasteiger partial charge is 0.248 e. The topological polar surface area (TPSA) is 12.9 Å². The van der Waals surface area contributed by atoms with Crippen molar-refractivity contribution in [3.05, 3.63) is 60.2 Å². The predicted octanol–water partition coefficient (Wildman–Crippen LogP) is 6.61. The van der Waals surface area contributed by atoms with Gasteiger partial charge in [-0.15, -0.1) is 0 Å². The average molecular weight is 371 g/mol. The highest BCUT2D eigenvalue weighted by molar-refractivity contribution is 5.63. The molecular formula is C23H24F3N. The van der Waals surface area contributed by atoms with Crippen molar-refractivity contribution in [3.63, 3.8) is 0 Å². The monoisotopic (exact) mass is 371 g/mol. The van der Waals surface area contributed by atoms with Crippen LogP contribution in [0.4, 0.5) is 13.2 Å². The van der Waals surface area contributed by atoms with Crippen LogP contribution < -0.4 is 0 Å². The SMILES string of the molecule is CC1C[C@H]2CCC(F)(F)C[C@H]2[C@@H]1/C=C/c1ccc(-c2cccc(F)c2)cn1. The Morgan fingerprint density at radius 2 is 2.00 bits per heavy atom. The van der Waals surface area contributed by atoms with E-state index in [9.17, 15) is 13.2 Å². The van der Waals surface area contributed by atoms with Crippen LogP contribution >= 0.6 is 0 Å². The zero-order chi connectivity index (χ0) is 19.0. The molecule has 0 N–H and O–H groups in total. The summed E-state index contributed by atoms with van der Waals surface area (Å²) in [6.45, 7) is 2.17. The molecule has 142 valence electrons. The van der Waals surface area contributed by atoms with Gasteiger partial charge in [-0.1, -0.05) is 31.2 Å². The third-order valence-electron chi connectivity index (χ3n) is 6.28. The quantitative estimate of drug-likeness (QED) is 0.592. The summed E-state index contributed by atoms with van der Waals surface area (Å²) in [6, 6.07) is 10.2. The van der Waals surface area contributed by atoms with Crippen LogP contribution in [0.3, 0.4) is 0 Å². The lowest BCUT2D eigenvalue weighted by atomic mass is 9.76. The van der Waals surface area contributed by atoms with Crippen LogP contribution in [0, 0.1) is 29.5 Å². The first-order chi connectivity index (χ1) is 12.9. The molecule has 2 aliphatic carbocycles. The van der Waals surface area contributed by atoms with Gasteiger partial charge in [0.15, 0.2) is 0 Å². The van der Waals surface area contributed by atoms with E-state index in [1.165, 1.54) is 12.1 Å². The minimum atomic E-state index is -2.51. The van der Waals surface area contributed by atoms with E-state index in [2.05, 4.69) is 18.0 Å². The number of aromatic nitrogens is 1. The van der Waals surface area contributed by atoms with Gasteiger partial charge in [0.25, 0.3) is 0 Å². The molecular weight excluding hydrogens is 347 g/mol. The van der Waals surface area contributed by atoms with E-state index in [1.54, 1.807) is 12.3 Å².